The monoisotopic (exact) mass is 276 g/mol. The smallest absolute Gasteiger partial charge is 0.320 e. The molecule has 1 aromatic carbocycles. The summed E-state index contributed by atoms with van der Waals surface area (Å²) in [6.45, 7) is 6.27. The SMILES string of the molecule is CCCCC1(O)N(Cc2ccccc2)C(=O)NC1(C)C. The molecule has 1 aromatic rings. The quantitative estimate of drug-likeness (QED) is 0.869. The number of nitrogens with zero attached hydrogens (tertiary/aromatic N) is 1. The van der Waals surface area contributed by atoms with Crippen LogP contribution in [0.1, 0.15) is 45.6 Å². The molecule has 0 aliphatic carbocycles. The van der Waals surface area contributed by atoms with Crippen molar-refractivity contribution in [2.45, 2.75) is 57.8 Å². The van der Waals surface area contributed by atoms with Crippen LogP contribution in [-0.2, 0) is 6.54 Å². The Morgan fingerprint density at radius 2 is 1.90 bits per heavy atom. The number of amides is 2. The zero-order chi connectivity index (χ0) is 14.8. The number of hydrogen-bond acceptors (Lipinski definition) is 2. The van der Waals surface area contributed by atoms with Gasteiger partial charge in [-0.25, -0.2) is 4.79 Å². The van der Waals surface area contributed by atoms with Crippen LogP contribution in [0.5, 0.6) is 0 Å². The van der Waals surface area contributed by atoms with Crippen molar-refractivity contribution in [1.29, 1.82) is 0 Å². The van der Waals surface area contributed by atoms with E-state index in [1.165, 1.54) is 0 Å². The second kappa shape index (κ2) is 5.44. The molecule has 20 heavy (non-hydrogen) atoms. The fourth-order valence-electron chi connectivity index (χ4n) is 2.78. The highest BCUT2D eigenvalue weighted by molar-refractivity contribution is 5.79. The average molecular weight is 276 g/mol. The van der Waals surface area contributed by atoms with Crippen molar-refractivity contribution in [3.05, 3.63) is 35.9 Å². The Bertz CT molecular complexity index is 473. The first kappa shape index (κ1) is 14.9. The molecule has 1 aliphatic rings. The third kappa shape index (κ3) is 2.52. The number of carbonyl (C=O) groups is 1. The molecule has 0 bridgehead atoms. The summed E-state index contributed by atoms with van der Waals surface area (Å²) in [5.41, 5.74) is -0.764. The van der Waals surface area contributed by atoms with Gasteiger partial charge in [0.25, 0.3) is 0 Å². The molecule has 2 rings (SSSR count). The Morgan fingerprint density at radius 1 is 1.25 bits per heavy atom. The predicted octanol–water partition coefficient (Wildman–Crippen LogP) is 2.87. The van der Waals surface area contributed by atoms with Crippen LogP contribution in [0.3, 0.4) is 0 Å². The van der Waals surface area contributed by atoms with Gasteiger partial charge in [0.1, 0.15) is 0 Å². The molecule has 0 saturated carbocycles. The van der Waals surface area contributed by atoms with Crippen LogP contribution < -0.4 is 5.32 Å². The normalized spacial score (nSPS) is 24.8. The summed E-state index contributed by atoms with van der Waals surface area (Å²) in [7, 11) is 0. The lowest BCUT2D eigenvalue weighted by atomic mass is 9.87. The Morgan fingerprint density at radius 3 is 2.50 bits per heavy atom. The zero-order valence-corrected chi connectivity index (χ0v) is 12.5. The Kier molecular flexibility index (Phi) is 4.04. The van der Waals surface area contributed by atoms with Gasteiger partial charge in [0, 0.05) is 0 Å². The van der Waals surface area contributed by atoms with Crippen LogP contribution in [-0.4, -0.2) is 27.3 Å². The first-order valence-corrected chi connectivity index (χ1v) is 7.27. The summed E-state index contributed by atoms with van der Waals surface area (Å²) < 4.78 is 0. The van der Waals surface area contributed by atoms with E-state index >= 15 is 0 Å². The number of unbranched alkanes of at least 4 members (excludes halogenated alkanes) is 1. The molecular weight excluding hydrogens is 252 g/mol. The summed E-state index contributed by atoms with van der Waals surface area (Å²) >= 11 is 0. The maximum atomic E-state index is 12.2. The van der Waals surface area contributed by atoms with Crippen molar-refractivity contribution in [2.75, 3.05) is 0 Å². The van der Waals surface area contributed by atoms with E-state index in [0.29, 0.717) is 13.0 Å². The maximum absolute atomic E-state index is 12.2. The van der Waals surface area contributed by atoms with Gasteiger partial charge in [0.2, 0.25) is 0 Å². The molecule has 1 unspecified atom stereocenters. The lowest BCUT2D eigenvalue weighted by Crippen LogP contribution is -2.57. The Labute approximate surface area is 120 Å². The van der Waals surface area contributed by atoms with Crippen LogP contribution in [0.15, 0.2) is 30.3 Å². The maximum Gasteiger partial charge on any atom is 0.320 e. The van der Waals surface area contributed by atoms with Crippen molar-refractivity contribution in [2.24, 2.45) is 0 Å². The number of hydrogen-bond donors (Lipinski definition) is 2. The lowest BCUT2D eigenvalue weighted by molar-refractivity contribution is -0.114. The van der Waals surface area contributed by atoms with Crippen LogP contribution in [0, 0.1) is 0 Å². The summed E-state index contributed by atoms with van der Waals surface area (Å²) in [5.74, 6) is 0. The number of rotatable bonds is 5. The molecular formula is C16H24N2O2. The minimum absolute atomic E-state index is 0.197. The molecule has 2 amide bonds. The van der Waals surface area contributed by atoms with E-state index in [9.17, 15) is 9.90 Å². The van der Waals surface area contributed by atoms with Gasteiger partial charge in [-0.05, 0) is 32.3 Å². The van der Waals surface area contributed by atoms with E-state index in [2.05, 4.69) is 12.2 Å². The van der Waals surface area contributed by atoms with E-state index in [4.69, 9.17) is 0 Å². The molecule has 4 nitrogen and oxygen atoms in total. The van der Waals surface area contributed by atoms with Gasteiger partial charge in [-0.1, -0.05) is 43.7 Å². The standard InChI is InChI=1S/C16H24N2O2/c1-4-5-11-16(20)15(2,3)17-14(19)18(16)12-13-9-7-6-8-10-13/h6-10,20H,4-5,11-12H2,1-3H3,(H,17,19). The first-order valence-electron chi connectivity index (χ1n) is 7.27. The van der Waals surface area contributed by atoms with Gasteiger partial charge >= 0.3 is 6.03 Å². The molecule has 1 atom stereocenters. The van der Waals surface area contributed by atoms with Crippen molar-refractivity contribution in [1.82, 2.24) is 10.2 Å². The average Bonchev–Trinajstić information content (AvgIpc) is 2.57. The molecule has 2 N–H and O–H groups in total. The van der Waals surface area contributed by atoms with Gasteiger partial charge in [0.15, 0.2) is 5.72 Å². The van der Waals surface area contributed by atoms with Crippen LogP contribution in [0.4, 0.5) is 4.79 Å². The van der Waals surface area contributed by atoms with E-state index in [1.807, 2.05) is 44.2 Å². The number of benzene rings is 1. The van der Waals surface area contributed by atoms with Gasteiger partial charge in [-0.3, -0.25) is 4.90 Å². The summed E-state index contributed by atoms with van der Waals surface area (Å²) in [6.07, 6.45) is 2.47. The van der Waals surface area contributed by atoms with E-state index in [0.717, 1.165) is 18.4 Å². The second-order valence-corrected chi connectivity index (χ2v) is 6.05. The second-order valence-electron chi connectivity index (χ2n) is 6.05. The van der Waals surface area contributed by atoms with Crippen molar-refractivity contribution < 1.29 is 9.90 Å². The number of carbonyl (C=O) groups excluding carboxylic acids is 1. The molecule has 1 saturated heterocycles. The fraction of sp³-hybridized carbons (Fsp3) is 0.562. The highest BCUT2D eigenvalue weighted by Gasteiger charge is 2.56. The van der Waals surface area contributed by atoms with Crippen LogP contribution in [0.2, 0.25) is 0 Å². The third-order valence-electron chi connectivity index (χ3n) is 4.17. The lowest BCUT2D eigenvalue weighted by Gasteiger charge is -2.40. The molecule has 0 aromatic heterocycles. The number of urea groups is 1. The predicted molar refractivity (Wildman–Crippen MR) is 79.1 cm³/mol. The summed E-state index contributed by atoms with van der Waals surface area (Å²) in [5, 5.41) is 14.0. The van der Waals surface area contributed by atoms with Gasteiger partial charge in [-0.15, -0.1) is 0 Å². The molecule has 4 heteroatoms. The van der Waals surface area contributed by atoms with Crippen molar-refractivity contribution in [3.63, 3.8) is 0 Å². The van der Waals surface area contributed by atoms with Gasteiger partial charge in [-0.2, -0.15) is 0 Å². The minimum Gasteiger partial charge on any atom is -0.368 e. The minimum atomic E-state index is -1.14. The Balaban J connectivity index is 2.26. The molecule has 1 heterocycles. The summed E-state index contributed by atoms with van der Waals surface area (Å²) in [4.78, 5) is 13.8. The molecule has 0 radical (unpaired) electrons. The molecule has 1 aliphatic heterocycles. The van der Waals surface area contributed by atoms with E-state index in [-0.39, 0.29) is 6.03 Å². The van der Waals surface area contributed by atoms with Crippen molar-refractivity contribution >= 4 is 6.03 Å². The van der Waals surface area contributed by atoms with Crippen LogP contribution in [0.25, 0.3) is 0 Å². The highest BCUT2D eigenvalue weighted by Crippen LogP contribution is 2.37. The Hall–Kier alpha value is -1.55. The van der Waals surface area contributed by atoms with Crippen molar-refractivity contribution in [3.8, 4) is 0 Å². The topological polar surface area (TPSA) is 52.6 Å². The zero-order valence-electron chi connectivity index (χ0n) is 12.5. The molecule has 0 spiro atoms. The third-order valence-corrected chi connectivity index (χ3v) is 4.17. The number of aliphatic hydroxyl groups is 1. The largest absolute Gasteiger partial charge is 0.368 e. The van der Waals surface area contributed by atoms with E-state index in [1.54, 1.807) is 4.90 Å². The van der Waals surface area contributed by atoms with Gasteiger partial charge in [0.05, 0.1) is 12.1 Å². The van der Waals surface area contributed by atoms with Gasteiger partial charge < -0.3 is 10.4 Å². The fourth-order valence-corrected chi connectivity index (χ4v) is 2.78. The highest BCUT2D eigenvalue weighted by atomic mass is 16.3. The first-order chi connectivity index (χ1) is 9.40. The van der Waals surface area contributed by atoms with E-state index < -0.39 is 11.3 Å². The molecule has 1 fully saturated rings. The number of nitrogens with one attached hydrogen (secondary N) is 1. The van der Waals surface area contributed by atoms with Crippen LogP contribution >= 0.6 is 0 Å². The molecule has 110 valence electrons. The summed E-state index contributed by atoms with van der Waals surface area (Å²) in [6, 6.07) is 9.58.